The molecule has 7 nitrogen and oxygen atoms in total. The molecule has 7 heteroatoms. The molecule has 0 aromatic heterocycles. The molecule has 1 N–H and O–H groups in total. The van der Waals surface area contributed by atoms with Crippen LogP contribution in [0, 0.1) is 10.1 Å². The van der Waals surface area contributed by atoms with E-state index in [1.165, 1.54) is 25.3 Å². The molecule has 0 saturated carbocycles. The van der Waals surface area contributed by atoms with Crippen molar-refractivity contribution < 1.29 is 19.2 Å². The minimum atomic E-state index is -0.572. The largest absolute Gasteiger partial charge is 0.490 e. The average molecular weight is 406 g/mol. The van der Waals surface area contributed by atoms with Gasteiger partial charge in [0.05, 0.1) is 12.0 Å². The van der Waals surface area contributed by atoms with Crippen LogP contribution in [0.3, 0.4) is 0 Å². The predicted octanol–water partition coefficient (Wildman–Crippen LogP) is 4.15. The van der Waals surface area contributed by atoms with Gasteiger partial charge in [-0.1, -0.05) is 42.5 Å². The third-order valence-corrected chi connectivity index (χ3v) is 4.51. The lowest BCUT2D eigenvalue weighted by Gasteiger charge is -2.09. The second-order valence-corrected chi connectivity index (χ2v) is 6.57. The van der Waals surface area contributed by atoms with Gasteiger partial charge in [0.1, 0.15) is 12.4 Å². The summed E-state index contributed by atoms with van der Waals surface area (Å²) in [5.74, 6) is 0.520. The number of nitro benzene ring substituents is 1. The molecule has 0 bridgehead atoms. The first-order valence-corrected chi connectivity index (χ1v) is 9.43. The van der Waals surface area contributed by atoms with Crippen molar-refractivity contribution >= 4 is 11.6 Å². The number of nitrogens with zero attached hydrogens (tertiary/aromatic N) is 1. The van der Waals surface area contributed by atoms with Crippen molar-refractivity contribution in [1.29, 1.82) is 0 Å². The Balaban J connectivity index is 1.49. The standard InChI is InChI=1S/C23H22N2O5/c1-29-22-12-9-19(15-21(22)25(27)28)23(26)24-14-13-17-7-10-20(11-8-17)30-16-18-5-3-2-4-6-18/h2-12,15H,13-14,16H2,1H3,(H,24,26). The summed E-state index contributed by atoms with van der Waals surface area (Å²) in [6.45, 7) is 0.910. The third-order valence-electron chi connectivity index (χ3n) is 4.51. The highest BCUT2D eigenvalue weighted by atomic mass is 16.6. The summed E-state index contributed by atoms with van der Waals surface area (Å²) in [4.78, 5) is 22.8. The molecule has 0 saturated heterocycles. The Kier molecular flexibility index (Phi) is 7.00. The molecular formula is C23H22N2O5. The fourth-order valence-corrected chi connectivity index (χ4v) is 2.89. The quantitative estimate of drug-likeness (QED) is 0.426. The van der Waals surface area contributed by atoms with Gasteiger partial charge in [-0.3, -0.25) is 14.9 Å². The van der Waals surface area contributed by atoms with Crippen LogP contribution in [-0.4, -0.2) is 24.5 Å². The van der Waals surface area contributed by atoms with Gasteiger partial charge < -0.3 is 14.8 Å². The second-order valence-electron chi connectivity index (χ2n) is 6.57. The van der Waals surface area contributed by atoms with Gasteiger partial charge in [0, 0.05) is 18.2 Å². The molecule has 0 aliphatic carbocycles. The highest BCUT2D eigenvalue weighted by Gasteiger charge is 2.17. The molecule has 3 aromatic rings. The normalized spacial score (nSPS) is 10.3. The molecular weight excluding hydrogens is 384 g/mol. The summed E-state index contributed by atoms with van der Waals surface area (Å²) in [6, 6.07) is 21.7. The maximum Gasteiger partial charge on any atom is 0.311 e. The first-order chi connectivity index (χ1) is 14.6. The number of hydrogen-bond donors (Lipinski definition) is 1. The molecule has 0 unspecified atom stereocenters. The highest BCUT2D eigenvalue weighted by Crippen LogP contribution is 2.27. The van der Waals surface area contributed by atoms with E-state index in [1.807, 2.05) is 54.6 Å². The molecule has 0 fully saturated rings. The minimum absolute atomic E-state index is 0.117. The lowest BCUT2D eigenvalue weighted by molar-refractivity contribution is -0.385. The number of methoxy groups -OCH3 is 1. The van der Waals surface area contributed by atoms with Gasteiger partial charge >= 0.3 is 5.69 Å². The van der Waals surface area contributed by atoms with E-state index in [4.69, 9.17) is 9.47 Å². The van der Waals surface area contributed by atoms with Crippen molar-refractivity contribution in [2.45, 2.75) is 13.0 Å². The van der Waals surface area contributed by atoms with Gasteiger partial charge in [-0.05, 0) is 41.8 Å². The molecule has 3 aromatic carbocycles. The Hall–Kier alpha value is -3.87. The molecule has 30 heavy (non-hydrogen) atoms. The molecule has 1 amide bonds. The van der Waals surface area contributed by atoms with Crippen LogP contribution in [0.15, 0.2) is 72.8 Å². The third kappa shape index (κ3) is 5.57. The van der Waals surface area contributed by atoms with Crippen LogP contribution in [-0.2, 0) is 13.0 Å². The number of nitro groups is 1. The SMILES string of the molecule is COc1ccc(C(=O)NCCc2ccc(OCc3ccccc3)cc2)cc1[N+](=O)[O-]. The summed E-state index contributed by atoms with van der Waals surface area (Å²) in [6.07, 6.45) is 0.628. The van der Waals surface area contributed by atoms with Crippen LogP contribution in [0.5, 0.6) is 11.5 Å². The predicted molar refractivity (Wildman–Crippen MR) is 113 cm³/mol. The Morgan fingerprint density at radius 1 is 1.00 bits per heavy atom. The zero-order valence-electron chi connectivity index (χ0n) is 16.5. The number of benzene rings is 3. The number of hydrogen-bond acceptors (Lipinski definition) is 5. The molecule has 0 atom stereocenters. The first kappa shape index (κ1) is 20.9. The number of carbonyl (C=O) groups excluding carboxylic acids is 1. The van der Waals surface area contributed by atoms with Gasteiger partial charge in [-0.25, -0.2) is 0 Å². The maximum atomic E-state index is 12.3. The fourth-order valence-electron chi connectivity index (χ4n) is 2.89. The highest BCUT2D eigenvalue weighted by molar-refractivity contribution is 5.95. The van der Waals surface area contributed by atoms with Crippen LogP contribution in [0.25, 0.3) is 0 Å². The van der Waals surface area contributed by atoms with Crippen molar-refractivity contribution in [3.8, 4) is 11.5 Å². The van der Waals surface area contributed by atoms with Gasteiger partial charge in [0.15, 0.2) is 5.75 Å². The molecule has 0 radical (unpaired) electrons. The number of amides is 1. The van der Waals surface area contributed by atoms with Crippen LogP contribution in [0.4, 0.5) is 5.69 Å². The van der Waals surface area contributed by atoms with E-state index >= 15 is 0 Å². The minimum Gasteiger partial charge on any atom is -0.490 e. The number of ether oxygens (including phenoxy) is 2. The lowest BCUT2D eigenvalue weighted by Crippen LogP contribution is -2.25. The molecule has 0 heterocycles. The molecule has 0 aliphatic heterocycles. The summed E-state index contributed by atoms with van der Waals surface area (Å²) < 4.78 is 10.7. The Bertz CT molecular complexity index is 1000. The Morgan fingerprint density at radius 3 is 2.40 bits per heavy atom. The summed E-state index contributed by atoms with van der Waals surface area (Å²) in [7, 11) is 1.35. The topological polar surface area (TPSA) is 90.7 Å². The van der Waals surface area contributed by atoms with E-state index < -0.39 is 4.92 Å². The van der Waals surface area contributed by atoms with Crippen molar-refractivity contribution in [2.24, 2.45) is 0 Å². The van der Waals surface area contributed by atoms with E-state index in [2.05, 4.69) is 5.32 Å². The number of nitrogens with one attached hydrogen (secondary N) is 1. The summed E-state index contributed by atoms with van der Waals surface area (Å²) >= 11 is 0. The molecule has 0 aliphatic rings. The van der Waals surface area contributed by atoms with Crippen LogP contribution >= 0.6 is 0 Å². The average Bonchev–Trinajstić information content (AvgIpc) is 2.78. The van der Waals surface area contributed by atoms with Crippen molar-refractivity contribution in [1.82, 2.24) is 5.32 Å². The van der Waals surface area contributed by atoms with E-state index in [0.717, 1.165) is 16.9 Å². The van der Waals surface area contributed by atoms with E-state index in [-0.39, 0.29) is 22.9 Å². The smallest absolute Gasteiger partial charge is 0.311 e. The van der Waals surface area contributed by atoms with Gasteiger partial charge in [0.25, 0.3) is 5.91 Å². The Labute approximate surface area is 174 Å². The molecule has 3 rings (SSSR count). The van der Waals surface area contributed by atoms with E-state index in [0.29, 0.717) is 19.6 Å². The zero-order chi connectivity index (χ0) is 21.3. The zero-order valence-corrected chi connectivity index (χ0v) is 16.5. The molecule has 0 spiro atoms. The van der Waals surface area contributed by atoms with Gasteiger partial charge in [0.2, 0.25) is 0 Å². The van der Waals surface area contributed by atoms with Crippen LogP contribution in [0.1, 0.15) is 21.5 Å². The maximum absolute atomic E-state index is 12.3. The van der Waals surface area contributed by atoms with Crippen LogP contribution in [0.2, 0.25) is 0 Å². The second kappa shape index (κ2) is 10.1. The van der Waals surface area contributed by atoms with Crippen molar-refractivity contribution in [3.05, 3.63) is 99.6 Å². The van der Waals surface area contributed by atoms with Gasteiger partial charge in [-0.2, -0.15) is 0 Å². The monoisotopic (exact) mass is 406 g/mol. The van der Waals surface area contributed by atoms with Crippen molar-refractivity contribution in [2.75, 3.05) is 13.7 Å². The number of rotatable bonds is 9. The Morgan fingerprint density at radius 2 is 1.73 bits per heavy atom. The van der Waals surface area contributed by atoms with Crippen LogP contribution < -0.4 is 14.8 Å². The summed E-state index contributed by atoms with van der Waals surface area (Å²) in [5, 5.41) is 13.9. The fraction of sp³-hybridized carbons (Fsp3) is 0.174. The van der Waals surface area contributed by atoms with Crippen molar-refractivity contribution in [3.63, 3.8) is 0 Å². The summed E-state index contributed by atoms with van der Waals surface area (Å²) in [5.41, 5.74) is 2.12. The lowest BCUT2D eigenvalue weighted by atomic mass is 10.1. The number of carbonyl (C=O) groups is 1. The first-order valence-electron chi connectivity index (χ1n) is 9.43. The van der Waals surface area contributed by atoms with E-state index in [1.54, 1.807) is 0 Å². The van der Waals surface area contributed by atoms with E-state index in [9.17, 15) is 14.9 Å². The molecule has 154 valence electrons. The van der Waals surface area contributed by atoms with Gasteiger partial charge in [-0.15, -0.1) is 0 Å².